The van der Waals surface area contributed by atoms with Crippen molar-refractivity contribution >= 4 is 21.1 Å². The van der Waals surface area contributed by atoms with Crippen molar-refractivity contribution in [1.82, 2.24) is 10.1 Å². The highest BCUT2D eigenvalue weighted by Crippen LogP contribution is 2.33. The van der Waals surface area contributed by atoms with Crippen LogP contribution in [0.5, 0.6) is 0 Å². The Morgan fingerprint density at radius 2 is 2.04 bits per heavy atom. The number of hydrogen-bond acceptors (Lipinski definition) is 6. The van der Waals surface area contributed by atoms with E-state index in [1.165, 1.54) is 12.1 Å². The molecule has 138 valence electrons. The summed E-state index contributed by atoms with van der Waals surface area (Å²) < 4.78 is 46.4. The Morgan fingerprint density at radius 1 is 1.36 bits per heavy atom. The standard InChI is InChI=1S/C17H23FN2O4S/c1-17(2,24-25(3,21)22)11-20-8-6-12(7-9-20)16-14-5-4-13(18)10-15(14)23-19-16/h4-5,10,12H,6-9,11H2,1-3H3. The lowest BCUT2D eigenvalue weighted by atomic mass is 9.91. The van der Waals surface area contributed by atoms with Crippen molar-refractivity contribution in [3.05, 3.63) is 29.7 Å². The van der Waals surface area contributed by atoms with Gasteiger partial charge in [-0.25, -0.2) is 4.39 Å². The van der Waals surface area contributed by atoms with Crippen LogP contribution in [-0.4, -0.2) is 50.0 Å². The Morgan fingerprint density at radius 3 is 2.68 bits per heavy atom. The molecule has 1 aromatic heterocycles. The first kappa shape index (κ1) is 18.3. The molecular weight excluding hydrogens is 347 g/mol. The minimum atomic E-state index is -3.49. The maximum Gasteiger partial charge on any atom is 0.264 e. The van der Waals surface area contributed by atoms with Gasteiger partial charge in [0.25, 0.3) is 10.1 Å². The van der Waals surface area contributed by atoms with E-state index in [0.717, 1.165) is 43.3 Å². The molecule has 8 heteroatoms. The van der Waals surface area contributed by atoms with Crippen LogP contribution in [0.4, 0.5) is 4.39 Å². The van der Waals surface area contributed by atoms with Crippen LogP contribution < -0.4 is 0 Å². The van der Waals surface area contributed by atoms with Gasteiger partial charge in [0, 0.05) is 23.9 Å². The van der Waals surface area contributed by atoms with Gasteiger partial charge in [0.15, 0.2) is 5.58 Å². The zero-order chi connectivity index (χ0) is 18.2. The van der Waals surface area contributed by atoms with Crippen molar-refractivity contribution < 1.29 is 21.5 Å². The van der Waals surface area contributed by atoms with Crippen molar-refractivity contribution in [3.8, 4) is 0 Å². The van der Waals surface area contributed by atoms with E-state index < -0.39 is 15.7 Å². The second-order valence-corrected chi connectivity index (χ2v) is 8.88. The average Bonchev–Trinajstić information content (AvgIpc) is 2.88. The molecule has 2 heterocycles. The number of nitrogens with zero attached hydrogens (tertiary/aromatic N) is 2. The molecule has 0 unspecified atom stereocenters. The van der Waals surface area contributed by atoms with E-state index in [0.29, 0.717) is 12.1 Å². The molecule has 2 aromatic rings. The average molecular weight is 370 g/mol. The Labute approximate surface area is 147 Å². The number of likely N-dealkylation sites (tertiary alicyclic amines) is 1. The van der Waals surface area contributed by atoms with Gasteiger partial charge in [-0.15, -0.1) is 0 Å². The van der Waals surface area contributed by atoms with Crippen LogP contribution in [0.1, 0.15) is 38.3 Å². The van der Waals surface area contributed by atoms with Crippen LogP contribution in [0.3, 0.4) is 0 Å². The molecule has 0 spiro atoms. The van der Waals surface area contributed by atoms with E-state index in [2.05, 4.69) is 10.1 Å². The minimum Gasteiger partial charge on any atom is -0.356 e. The number of halogens is 1. The number of aromatic nitrogens is 1. The molecule has 1 saturated heterocycles. The van der Waals surface area contributed by atoms with Crippen LogP contribution >= 0.6 is 0 Å². The highest BCUT2D eigenvalue weighted by molar-refractivity contribution is 7.86. The number of rotatable bonds is 5. The van der Waals surface area contributed by atoms with Gasteiger partial charge in [-0.3, -0.25) is 4.18 Å². The molecular formula is C17H23FN2O4S. The van der Waals surface area contributed by atoms with Crippen LogP contribution in [0.15, 0.2) is 22.7 Å². The SMILES string of the molecule is CC(C)(CN1CCC(c2noc3cc(F)ccc23)CC1)OS(C)(=O)=O. The third kappa shape index (κ3) is 4.56. The Kier molecular flexibility index (Phi) is 4.87. The molecule has 0 amide bonds. The first-order chi connectivity index (χ1) is 11.6. The van der Waals surface area contributed by atoms with Gasteiger partial charge in [-0.2, -0.15) is 8.42 Å². The topological polar surface area (TPSA) is 72.6 Å². The van der Waals surface area contributed by atoms with E-state index in [1.807, 2.05) is 0 Å². The third-order valence-corrected chi connectivity index (χ3v) is 5.17. The van der Waals surface area contributed by atoms with E-state index in [-0.39, 0.29) is 11.7 Å². The van der Waals surface area contributed by atoms with E-state index in [9.17, 15) is 12.8 Å². The molecule has 0 N–H and O–H groups in total. The summed E-state index contributed by atoms with van der Waals surface area (Å²) in [5.41, 5.74) is 0.583. The zero-order valence-corrected chi connectivity index (χ0v) is 15.5. The molecule has 3 rings (SSSR count). The lowest BCUT2D eigenvalue weighted by Gasteiger charge is -2.36. The fourth-order valence-electron chi connectivity index (χ4n) is 3.56. The summed E-state index contributed by atoms with van der Waals surface area (Å²) in [6, 6.07) is 4.49. The van der Waals surface area contributed by atoms with Gasteiger partial charge in [-0.05, 0) is 51.9 Å². The molecule has 6 nitrogen and oxygen atoms in total. The van der Waals surface area contributed by atoms with Gasteiger partial charge in [0.05, 0.1) is 17.6 Å². The van der Waals surface area contributed by atoms with E-state index in [1.54, 1.807) is 19.9 Å². The lowest BCUT2D eigenvalue weighted by molar-refractivity contribution is 0.0557. The van der Waals surface area contributed by atoms with Crippen LogP contribution in [-0.2, 0) is 14.3 Å². The quantitative estimate of drug-likeness (QED) is 0.754. The Balaban J connectivity index is 1.63. The molecule has 0 aliphatic carbocycles. The molecule has 1 aliphatic heterocycles. The van der Waals surface area contributed by atoms with Crippen LogP contribution in [0, 0.1) is 5.82 Å². The minimum absolute atomic E-state index is 0.252. The van der Waals surface area contributed by atoms with Crippen LogP contribution in [0.2, 0.25) is 0 Å². The van der Waals surface area contributed by atoms with Crippen molar-refractivity contribution in [2.45, 2.75) is 38.2 Å². The number of benzene rings is 1. The summed E-state index contributed by atoms with van der Waals surface area (Å²) in [5, 5.41) is 5.01. The first-order valence-corrected chi connectivity index (χ1v) is 10.1. The Hall–Kier alpha value is -1.51. The van der Waals surface area contributed by atoms with Crippen molar-refractivity contribution in [3.63, 3.8) is 0 Å². The highest BCUT2D eigenvalue weighted by Gasteiger charge is 2.31. The predicted octanol–water partition coefficient (Wildman–Crippen LogP) is 2.90. The van der Waals surface area contributed by atoms with Gasteiger partial charge >= 0.3 is 0 Å². The molecule has 0 atom stereocenters. The number of piperidine rings is 1. The molecule has 0 bridgehead atoms. The molecule has 0 saturated carbocycles. The van der Waals surface area contributed by atoms with Gasteiger partial charge < -0.3 is 9.42 Å². The fraction of sp³-hybridized carbons (Fsp3) is 0.588. The van der Waals surface area contributed by atoms with Gasteiger partial charge in [0.2, 0.25) is 0 Å². The van der Waals surface area contributed by atoms with E-state index in [4.69, 9.17) is 8.71 Å². The smallest absolute Gasteiger partial charge is 0.264 e. The van der Waals surface area contributed by atoms with Crippen molar-refractivity contribution in [1.29, 1.82) is 0 Å². The largest absolute Gasteiger partial charge is 0.356 e. The molecule has 1 aliphatic rings. The summed E-state index contributed by atoms with van der Waals surface area (Å²) in [4.78, 5) is 2.20. The number of hydrogen-bond donors (Lipinski definition) is 0. The van der Waals surface area contributed by atoms with Crippen molar-refractivity contribution in [2.75, 3.05) is 25.9 Å². The van der Waals surface area contributed by atoms with Gasteiger partial charge in [0.1, 0.15) is 5.82 Å². The maximum absolute atomic E-state index is 13.3. The summed E-state index contributed by atoms with van der Waals surface area (Å²) in [5.74, 6) is -0.0833. The summed E-state index contributed by atoms with van der Waals surface area (Å²) >= 11 is 0. The molecule has 1 aromatic carbocycles. The summed E-state index contributed by atoms with van der Waals surface area (Å²) in [6.45, 7) is 5.73. The third-order valence-electron chi connectivity index (χ3n) is 4.42. The normalized spacial score (nSPS) is 18.1. The van der Waals surface area contributed by atoms with Gasteiger partial charge in [-0.1, -0.05) is 5.16 Å². The molecule has 0 radical (unpaired) electrons. The van der Waals surface area contributed by atoms with Crippen molar-refractivity contribution in [2.24, 2.45) is 0 Å². The fourth-order valence-corrected chi connectivity index (χ4v) is 4.44. The maximum atomic E-state index is 13.3. The predicted molar refractivity (Wildman–Crippen MR) is 92.4 cm³/mol. The second-order valence-electron chi connectivity index (χ2n) is 7.31. The molecule has 25 heavy (non-hydrogen) atoms. The lowest BCUT2D eigenvalue weighted by Crippen LogP contribution is -2.44. The Bertz CT molecular complexity index is 855. The second kappa shape index (κ2) is 6.66. The zero-order valence-electron chi connectivity index (χ0n) is 14.7. The highest BCUT2D eigenvalue weighted by atomic mass is 32.2. The monoisotopic (exact) mass is 370 g/mol. The summed E-state index contributed by atoms with van der Waals surface area (Å²) in [7, 11) is -3.49. The number of fused-ring (bicyclic) bond motifs is 1. The molecule has 1 fully saturated rings. The van der Waals surface area contributed by atoms with E-state index >= 15 is 0 Å². The van der Waals surface area contributed by atoms with Crippen LogP contribution in [0.25, 0.3) is 11.0 Å². The summed E-state index contributed by atoms with van der Waals surface area (Å²) in [6.07, 6.45) is 2.83. The first-order valence-electron chi connectivity index (χ1n) is 8.31.